The predicted molar refractivity (Wildman–Crippen MR) is 156 cm³/mol. The summed E-state index contributed by atoms with van der Waals surface area (Å²) >= 11 is 0. The number of benzene rings is 4. The molecule has 8 nitrogen and oxygen atoms in total. The van der Waals surface area contributed by atoms with Crippen LogP contribution in [0.2, 0.25) is 0 Å². The molecule has 0 unspecified atom stereocenters. The molecular formula is C30H28N2O6S2. The molecular weight excluding hydrogens is 548 g/mol. The smallest absolute Gasteiger partial charge is 0.255 e. The third kappa shape index (κ3) is 6.64. The van der Waals surface area contributed by atoms with E-state index in [0.717, 1.165) is 34.8 Å². The Kier molecular flexibility index (Phi) is 7.95. The molecule has 0 aliphatic carbocycles. The number of carbonyl (C=O) groups excluding carboxylic acids is 2. The van der Waals surface area contributed by atoms with Gasteiger partial charge in [0, 0.05) is 35.0 Å². The van der Waals surface area contributed by atoms with Crippen LogP contribution < -0.4 is 10.6 Å². The molecule has 0 radical (unpaired) electrons. The van der Waals surface area contributed by atoms with Crippen molar-refractivity contribution in [3.63, 3.8) is 0 Å². The fraction of sp³-hybridized carbons (Fsp3) is 0.133. The quantitative estimate of drug-likeness (QED) is 0.308. The highest BCUT2D eigenvalue weighted by Gasteiger charge is 2.14. The lowest BCUT2D eigenvalue weighted by atomic mass is 9.99. The van der Waals surface area contributed by atoms with Crippen LogP contribution in [-0.2, 0) is 19.7 Å². The molecule has 40 heavy (non-hydrogen) atoms. The van der Waals surface area contributed by atoms with Gasteiger partial charge in [-0.05, 0) is 109 Å². The number of amides is 2. The predicted octanol–water partition coefficient (Wildman–Crippen LogP) is 5.28. The molecule has 0 fully saturated rings. The maximum Gasteiger partial charge on any atom is 0.255 e. The van der Waals surface area contributed by atoms with Crippen molar-refractivity contribution in [2.45, 2.75) is 23.6 Å². The van der Waals surface area contributed by atoms with Crippen molar-refractivity contribution in [1.29, 1.82) is 0 Å². The number of hydrogen-bond acceptors (Lipinski definition) is 6. The molecule has 2 amide bonds. The van der Waals surface area contributed by atoms with Crippen LogP contribution in [0.25, 0.3) is 11.1 Å². The lowest BCUT2D eigenvalue weighted by Gasteiger charge is -2.13. The summed E-state index contributed by atoms with van der Waals surface area (Å²) in [7, 11) is -6.69. The number of anilines is 2. The van der Waals surface area contributed by atoms with Crippen LogP contribution in [0.5, 0.6) is 0 Å². The molecule has 0 heterocycles. The number of rotatable bonds is 7. The highest BCUT2D eigenvalue weighted by Crippen LogP contribution is 2.29. The van der Waals surface area contributed by atoms with Gasteiger partial charge in [-0.15, -0.1) is 0 Å². The molecule has 0 saturated carbocycles. The van der Waals surface area contributed by atoms with Gasteiger partial charge in [0.05, 0.1) is 9.79 Å². The first-order valence-electron chi connectivity index (χ1n) is 12.2. The highest BCUT2D eigenvalue weighted by atomic mass is 32.2. The maximum atomic E-state index is 12.7. The summed E-state index contributed by atoms with van der Waals surface area (Å²) in [5.74, 6) is -0.699. The minimum absolute atomic E-state index is 0.147. The molecule has 206 valence electrons. The molecule has 0 bridgehead atoms. The largest absolute Gasteiger partial charge is 0.322 e. The van der Waals surface area contributed by atoms with E-state index in [1.807, 2.05) is 38.1 Å². The van der Waals surface area contributed by atoms with Crippen LogP contribution in [0.4, 0.5) is 11.4 Å². The minimum atomic E-state index is -3.34. The summed E-state index contributed by atoms with van der Waals surface area (Å²) in [6.45, 7) is 3.75. The molecule has 0 atom stereocenters. The monoisotopic (exact) mass is 576 g/mol. The Morgan fingerprint density at radius 2 is 0.850 bits per heavy atom. The first-order valence-corrected chi connectivity index (χ1v) is 16.0. The Bertz CT molecular complexity index is 1690. The van der Waals surface area contributed by atoms with Gasteiger partial charge in [-0.2, -0.15) is 0 Å². The van der Waals surface area contributed by atoms with E-state index in [9.17, 15) is 26.4 Å². The van der Waals surface area contributed by atoms with Crippen molar-refractivity contribution in [2.24, 2.45) is 0 Å². The van der Waals surface area contributed by atoms with Crippen LogP contribution >= 0.6 is 0 Å². The van der Waals surface area contributed by atoms with E-state index in [0.29, 0.717) is 22.5 Å². The van der Waals surface area contributed by atoms with Crippen molar-refractivity contribution < 1.29 is 26.4 Å². The number of sulfone groups is 2. The third-order valence-corrected chi connectivity index (χ3v) is 8.63. The van der Waals surface area contributed by atoms with Gasteiger partial charge in [0.25, 0.3) is 11.8 Å². The SMILES string of the molecule is Cc1cc(-c2ccc(NC(=O)c3ccc(S(C)(=O)=O)cc3)c(C)c2)ccc1NC(=O)c1ccc(S(C)(=O)=O)cc1. The second kappa shape index (κ2) is 11.1. The van der Waals surface area contributed by atoms with Crippen molar-refractivity contribution in [1.82, 2.24) is 0 Å². The standard InChI is InChI=1S/C30H28N2O6S2/c1-19-17-23(9-15-27(19)31-29(33)21-5-11-25(12-6-21)39(3,35)36)24-10-16-28(20(2)18-24)32-30(34)22-7-13-26(14-8-22)40(4,37)38/h5-18H,1-4H3,(H,31,33)(H,32,34). The molecule has 0 saturated heterocycles. The molecule has 4 aromatic carbocycles. The Balaban J connectivity index is 1.46. The van der Waals surface area contributed by atoms with Crippen LogP contribution in [0.3, 0.4) is 0 Å². The molecule has 0 aliphatic heterocycles. The zero-order chi connectivity index (χ0) is 29.2. The van der Waals surface area contributed by atoms with Crippen LogP contribution in [0, 0.1) is 13.8 Å². The fourth-order valence-electron chi connectivity index (χ4n) is 4.06. The molecule has 4 aromatic rings. The van der Waals surface area contributed by atoms with Crippen molar-refractivity contribution in [3.05, 3.63) is 107 Å². The molecule has 0 spiro atoms. The van der Waals surface area contributed by atoms with E-state index >= 15 is 0 Å². The van der Waals surface area contributed by atoms with Crippen LogP contribution in [0.1, 0.15) is 31.8 Å². The summed E-state index contributed by atoms with van der Waals surface area (Å²) < 4.78 is 46.6. The van der Waals surface area contributed by atoms with Crippen LogP contribution in [0.15, 0.2) is 94.7 Å². The molecule has 10 heteroatoms. The summed E-state index contributed by atoms with van der Waals surface area (Å²) in [6, 6.07) is 22.8. The van der Waals surface area contributed by atoms with E-state index in [1.54, 1.807) is 12.1 Å². The highest BCUT2D eigenvalue weighted by molar-refractivity contribution is 7.91. The first kappa shape index (κ1) is 28.7. The zero-order valence-corrected chi connectivity index (χ0v) is 24.0. The van der Waals surface area contributed by atoms with E-state index in [4.69, 9.17) is 0 Å². The molecule has 2 N–H and O–H groups in total. The van der Waals surface area contributed by atoms with Gasteiger partial charge in [-0.25, -0.2) is 16.8 Å². The Labute approximate surface area is 233 Å². The van der Waals surface area contributed by atoms with E-state index in [1.165, 1.54) is 48.5 Å². The second-order valence-corrected chi connectivity index (χ2v) is 13.6. The normalized spacial score (nSPS) is 11.6. The average Bonchev–Trinajstić information content (AvgIpc) is 2.90. The van der Waals surface area contributed by atoms with E-state index in [2.05, 4.69) is 10.6 Å². The molecule has 0 aliphatic rings. The average molecular weight is 577 g/mol. The minimum Gasteiger partial charge on any atom is -0.322 e. The summed E-state index contributed by atoms with van der Waals surface area (Å²) in [5, 5.41) is 5.73. The lowest BCUT2D eigenvalue weighted by Crippen LogP contribution is -2.13. The van der Waals surface area contributed by atoms with Gasteiger partial charge in [-0.1, -0.05) is 12.1 Å². The second-order valence-electron chi connectivity index (χ2n) is 9.56. The van der Waals surface area contributed by atoms with Gasteiger partial charge in [-0.3, -0.25) is 9.59 Å². The Morgan fingerprint density at radius 1 is 0.525 bits per heavy atom. The van der Waals surface area contributed by atoms with Gasteiger partial charge in [0.1, 0.15) is 0 Å². The van der Waals surface area contributed by atoms with E-state index in [-0.39, 0.29) is 21.6 Å². The summed E-state index contributed by atoms with van der Waals surface area (Å²) in [5.41, 5.74) is 5.46. The number of hydrogen-bond donors (Lipinski definition) is 2. The van der Waals surface area contributed by atoms with Gasteiger partial charge >= 0.3 is 0 Å². The maximum absolute atomic E-state index is 12.7. The zero-order valence-electron chi connectivity index (χ0n) is 22.3. The van der Waals surface area contributed by atoms with Crippen molar-refractivity contribution >= 4 is 42.9 Å². The van der Waals surface area contributed by atoms with Gasteiger partial charge in [0.2, 0.25) is 0 Å². The number of carbonyl (C=O) groups is 2. The third-order valence-electron chi connectivity index (χ3n) is 6.37. The molecule has 0 aromatic heterocycles. The van der Waals surface area contributed by atoms with Gasteiger partial charge in [0.15, 0.2) is 19.7 Å². The number of aryl methyl sites for hydroxylation is 2. The van der Waals surface area contributed by atoms with E-state index < -0.39 is 19.7 Å². The summed E-state index contributed by atoms with van der Waals surface area (Å²) in [6.07, 6.45) is 2.23. The van der Waals surface area contributed by atoms with Crippen LogP contribution in [-0.4, -0.2) is 41.2 Å². The Hall–Kier alpha value is -4.28. The van der Waals surface area contributed by atoms with Crippen molar-refractivity contribution in [3.8, 4) is 11.1 Å². The summed E-state index contributed by atoms with van der Waals surface area (Å²) in [4.78, 5) is 25.7. The lowest BCUT2D eigenvalue weighted by molar-refractivity contribution is 0.101. The number of nitrogens with one attached hydrogen (secondary N) is 2. The topological polar surface area (TPSA) is 126 Å². The van der Waals surface area contributed by atoms with Crippen molar-refractivity contribution in [2.75, 3.05) is 23.1 Å². The first-order chi connectivity index (χ1) is 18.7. The fourth-order valence-corrected chi connectivity index (χ4v) is 5.32. The Morgan fingerprint density at radius 3 is 1.12 bits per heavy atom. The van der Waals surface area contributed by atoms with Gasteiger partial charge < -0.3 is 10.6 Å². The molecule has 4 rings (SSSR count).